The molecule has 0 radical (unpaired) electrons. The maximum atomic E-state index is 13.6. The third-order valence-corrected chi connectivity index (χ3v) is 4.16. The molecule has 2 aromatic rings. The zero-order valence-corrected chi connectivity index (χ0v) is 13.7. The van der Waals surface area contributed by atoms with Gasteiger partial charge in [-0.1, -0.05) is 12.1 Å². The van der Waals surface area contributed by atoms with E-state index in [0.29, 0.717) is 37.6 Å². The van der Waals surface area contributed by atoms with Crippen molar-refractivity contribution in [2.24, 2.45) is 0 Å². The molecule has 3 rings (SSSR count). The molecular formula is C18H21FN2O4. The second-order valence-electron chi connectivity index (χ2n) is 5.88. The molecule has 1 fully saturated rings. The van der Waals surface area contributed by atoms with E-state index in [1.54, 1.807) is 24.3 Å². The number of carbonyl (C=O) groups excluding carboxylic acids is 1. The van der Waals surface area contributed by atoms with Crippen LogP contribution in [0, 0.1) is 5.82 Å². The molecule has 0 saturated carbocycles. The fraction of sp³-hybridized carbons (Fsp3) is 0.389. The number of halogens is 1. The molecule has 1 aliphatic heterocycles. The summed E-state index contributed by atoms with van der Waals surface area (Å²) in [7, 11) is 0. The number of morpholine rings is 1. The Bertz CT molecular complexity index is 686. The minimum Gasteiger partial charge on any atom is -0.467 e. The molecule has 0 aliphatic carbocycles. The minimum atomic E-state index is -0.934. The molecule has 25 heavy (non-hydrogen) atoms. The van der Waals surface area contributed by atoms with Crippen molar-refractivity contribution in [2.45, 2.75) is 12.1 Å². The molecule has 0 spiro atoms. The van der Waals surface area contributed by atoms with Crippen LogP contribution in [-0.4, -0.2) is 48.8 Å². The fourth-order valence-electron chi connectivity index (χ4n) is 2.92. The Labute approximate surface area is 145 Å². The van der Waals surface area contributed by atoms with Gasteiger partial charge in [0, 0.05) is 13.1 Å². The SMILES string of the molecule is O=C(NC[C@@H](O)c1ccco1)[C@H](c1cccc(F)c1)N1CCOCC1. The summed E-state index contributed by atoms with van der Waals surface area (Å²) in [5.74, 6) is -0.300. The van der Waals surface area contributed by atoms with Gasteiger partial charge in [0.05, 0.1) is 26.0 Å². The van der Waals surface area contributed by atoms with Crippen molar-refractivity contribution in [3.63, 3.8) is 0 Å². The van der Waals surface area contributed by atoms with E-state index in [0.717, 1.165) is 0 Å². The number of rotatable bonds is 6. The number of benzene rings is 1. The smallest absolute Gasteiger partial charge is 0.242 e. The largest absolute Gasteiger partial charge is 0.467 e. The Morgan fingerprint density at radius 1 is 1.28 bits per heavy atom. The summed E-state index contributed by atoms with van der Waals surface area (Å²) < 4.78 is 24.1. The van der Waals surface area contributed by atoms with E-state index in [4.69, 9.17) is 9.15 Å². The van der Waals surface area contributed by atoms with Crippen molar-refractivity contribution in [1.82, 2.24) is 10.2 Å². The number of ether oxygens (including phenoxy) is 1. The van der Waals surface area contributed by atoms with Gasteiger partial charge in [0.2, 0.25) is 5.91 Å². The van der Waals surface area contributed by atoms with Crippen LogP contribution in [0.15, 0.2) is 47.1 Å². The van der Waals surface area contributed by atoms with E-state index in [2.05, 4.69) is 5.32 Å². The zero-order chi connectivity index (χ0) is 17.6. The molecule has 134 valence electrons. The molecule has 6 nitrogen and oxygen atoms in total. The second-order valence-corrected chi connectivity index (χ2v) is 5.88. The van der Waals surface area contributed by atoms with Crippen molar-refractivity contribution < 1.29 is 23.4 Å². The lowest BCUT2D eigenvalue weighted by Crippen LogP contribution is -2.46. The third-order valence-electron chi connectivity index (χ3n) is 4.16. The molecular weight excluding hydrogens is 327 g/mol. The molecule has 0 unspecified atom stereocenters. The van der Waals surface area contributed by atoms with Crippen LogP contribution < -0.4 is 5.32 Å². The number of hydrogen-bond donors (Lipinski definition) is 2. The van der Waals surface area contributed by atoms with E-state index < -0.39 is 12.1 Å². The number of aliphatic hydroxyl groups is 1. The van der Waals surface area contributed by atoms with Crippen molar-refractivity contribution in [2.75, 3.05) is 32.8 Å². The van der Waals surface area contributed by atoms with Crippen LogP contribution in [0.3, 0.4) is 0 Å². The Morgan fingerprint density at radius 3 is 2.76 bits per heavy atom. The Morgan fingerprint density at radius 2 is 2.08 bits per heavy atom. The topological polar surface area (TPSA) is 74.9 Å². The first-order valence-corrected chi connectivity index (χ1v) is 8.21. The van der Waals surface area contributed by atoms with Gasteiger partial charge in [0.25, 0.3) is 0 Å². The van der Waals surface area contributed by atoms with Gasteiger partial charge in [-0.2, -0.15) is 0 Å². The van der Waals surface area contributed by atoms with Gasteiger partial charge < -0.3 is 19.6 Å². The summed E-state index contributed by atoms with van der Waals surface area (Å²) in [4.78, 5) is 14.7. The number of carbonyl (C=O) groups is 1. The average Bonchev–Trinajstić information content (AvgIpc) is 3.16. The highest BCUT2D eigenvalue weighted by molar-refractivity contribution is 5.83. The Hall–Kier alpha value is -2.22. The van der Waals surface area contributed by atoms with Gasteiger partial charge in [-0.05, 0) is 29.8 Å². The van der Waals surface area contributed by atoms with Gasteiger partial charge in [-0.3, -0.25) is 9.69 Å². The normalized spacial score (nSPS) is 17.8. The van der Waals surface area contributed by atoms with Crippen molar-refractivity contribution in [3.05, 3.63) is 59.8 Å². The lowest BCUT2D eigenvalue weighted by Gasteiger charge is -2.34. The molecule has 1 saturated heterocycles. The zero-order valence-electron chi connectivity index (χ0n) is 13.7. The Balaban J connectivity index is 1.72. The molecule has 7 heteroatoms. The van der Waals surface area contributed by atoms with Gasteiger partial charge in [0.15, 0.2) is 0 Å². The molecule has 0 bridgehead atoms. The first-order chi connectivity index (χ1) is 12.1. The highest BCUT2D eigenvalue weighted by Gasteiger charge is 2.29. The summed E-state index contributed by atoms with van der Waals surface area (Å²) in [6, 6.07) is 8.70. The lowest BCUT2D eigenvalue weighted by molar-refractivity contribution is -0.129. The number of hydrogen-bond acceptors (Lipinski definition) is 5. The van der Waals surface area contributed by atoms with Crippen LogP contribution in [0.2, 0.25) is 0 Å². The Kier molecular flexibility index (Phi) is 5.80. The van der Waals surface area contributed by atoms with Crippen LogP contribution in [0.25, 0.3) is 0 Å². The summed E-state index contributed by atoms with van der Waals surface area (Å²) in [5, 5.41) is 12.8. The average molecular weight is 348 g/mol. The maximum Gasteiger partial charge on any atom is 0.242 e. The number of furan rings is 1. The van der Waals surface area contributed by atoms with Crippen LogP contribution in [0.4, 0.5) is 4.39 Å². The quantitative estimate of drug-likeness (QED) is 0.830. The summed E-state index contributed by atoms with van der Waals surface area (Å²) >= 11 is 0. The van der Waals surface area contributed by atoms with Crippen LogP contribution in [0.1, 0.15) is 23.5 Å². The fourth-order valence-corrected chi connectivity index (χ4v) is 2.92. The van der Waals surface area contributed by atoms with E-state index in [1.807, 2.05) is 4.90 Å². The van der Waals surface area contributed by atoms with Gasteiger partial charge in [-0.15, -0.1) is 0 Å². The summed E-state index contributed by atoms with van der Waals surface area (Å²) in [6.07, 6.45) is 0.528. The van der Waals surface area contributed by atoms with E-state index in [1.165, 1.54) is 18.4 Å². The van der Waals surface area contributed by atoms with Gasteiger partial charge in [-0.25, -0.2) is 4.39 Å². The number of nitrogens with one attached hydrogen (secondary N) is 1. The third kappa shape index (κ3) is 4.45. The highest BCUT2D eigenvalue weighted by atomic mass is 19.1. The summed E-state index contributed by atoms with van der Waals surface area (Å²) in [6.45, 7) is 2.22. The van der Waals surface area contributed by atoms with Gasteiger partial charge >= 0.3 is 0 Å². The second kappa shape index (κ2) is 8.24. The number of aliphatic hydroxyl groups excluding tert-OH is 1. The van der Waals surface area contributed by atoms with Crippen molar-refractivity contribution in [3.8, 4) is 0 Å². The molecule has 2 atom stereocenters. The van der Waals surface area contributed by atoms with Crippen molar-refractivity contribution >= 4 is 5.91 Å². The van der Waals surface area contributed by atoms with E-state index in [-0.39, 0.29) is 18.3 Å². The molecule has 1 amide bonds. The summed E-state index contributed by atoms with van der Waals surface area (Å²) in [5.41, 5.74) is 0.576. The highest BCUT2D eigenvalue weighted by Crippen LogP contribution is 2.23. The standard InChI is InChI=1S/C18H21FN2O4/c19-14-4-1-3-13(11-14)17(21-6-9-24-10-7-21)18(23)20-12-15(22)16-5-2-8-25-16/h1-5,8,11,15,17,22H,6-7,9-10,12H2,(H,20,23)/t15-,17+/m1/s1. The first kappa shape index (κ1) is 17.6. The van der Waals surface area contributed by atoms with E-state index in [9.17, 15) is 14.3 Å². The lowest BCUT2D eigenvalue weighted by atomic mass is 10.0. The van der Waals surface area contributed by atoms with Gasteiger partial charge in [0.1, 0.15) is 23.7 Å². The van der Waals surface area contributed by atoms with Crippen molar-refractivity contribution in [1.29, 1.82) is 0 Å². The minimum absolute atomic E-state index is 0.0164. The first-order valence-electron chi connectivity index (χ1n) is 8.21. The number of amides is 1. The monoisotopic (exact) mass is 348 g/mol. The maximum absolute atomic E-state index is 13.6. The van der Waals surface area contributed by atoms with Crippen LogP contribution in [-0.2, 0) is 9.53 Å². The molecule has 2 N–H and O–H groups in total. The molecule has 2 heterocycles. The molecule has 1 aromatic heterocycles. The predicted molar refractivity (Wildman–Crippen MR) is 88.2 cm³/mol. The van der Waals surface area contributed by atoms with Crippen LogP contribution in [0.5, 0.6) is 0 Å². The molecule has 1 aromatic carbocycles. The number of nitrogens with zero attached hydrogens (tertiary/aromatic N) is 1. The van der Waals surface area contributed by atoms with E-state index >= 15 is 0 Å². The van der Waals surface area contributed by atoms with Crippen LogP contribution >= 0.6 is 0 Å². The molecule has 1 aliphatic rings. The predicted octanol–water partition coefficient (Wildman–Crippen LogP) is 1.64.